The maximum absolute atomic E-state index is 14.2. The number of nitrogens with one attached hydrogen (secondary N) is 2. The zero-order valence-electron chi connectivity index (χ0n) is 13.3. The Hall–Kier alpha value is -3.00. The van der Waals surface area contributed by atoms with Crippen molar-refractivity contribution in [3.05, 3.63) is 71.1 Å². The minimum atomic E-state index is -3.84. The van der Waals surface area contributed by atoms with Crippen LogP contribution in [0.25, 0.3) is 17.5 Å². The normalized spacial score (nSPS) is 11.8. The summed E-state index contributed by atoms with van der Waals surface area (Å²) in [5, 5.41) is 7.30. The molecule has 3 aromatic rings. The molecule has 25 heavy (non-hydrogen) atoms. The van der Waals surface area contributed by atoms with E-state index >= 15 is 0 Å². The Bertz CT molecular complexity index is 998. The van der Waals surface area contributed by atoms with Crippen LogP contribution >= 0.6 is 0 Å². The van der Waals surface area contributed by atoms with Gasteiger partial charge in [-0.1, -0.05) is 29.8 Å². The molecule has 0 saturated carbocycles. The van der Waals surface area contributed by atoms with E-state index in [1.807, 2.05) is 19.1 Å². The summed E-state index contributed by atoms with van der Waals surface area (Å²) in [6.07, 6.45) is 2.75. The summed E-state index contributed by atoms with van der Waals surface area (Å²) in [4.78, 5) is 3.92. The van der Waals surface area contributed by atoms with Crippen LogP contribution in [0.4, 0.5) is 10.1 Å². The van der Waals surface area contributed by atoms with E-state index < -0.39 is 15.8 Å². The molecule has 3 rings (SSSR count). The number of benzene rings is 2. The maximum atomic E-state index is 14.2. The molecule has 1 aromatic heterocycles. The minimum Gasteiger partial charge on any atom is -0.277 e. The molecule has 2 N–H and O–H groups in total. The molecule has 0 aliphatic heterocycles. The van der Waals surface area contributed by atoms with Gasteiger partial charge >= 0.3 is 0 Å². The van der Waals surface area contributed by atoms with E-state index in [2.05, 4.69) is 19.9 Å². The quantitative estimate of drug-likeness (QED) is 0.732. The molecule has 0 unspecified atom stereocenters. The van der Waals surface area contributed by atoms with Crippen molar-refractivity contribution in [3.63, 3.8) is 0 Å². The number of aryl methyl sites for hydroxylation is 1. The maximum Gasteiger partial charge on any atom is 0.255 e. The van der Waals surface area contributed by atoms with Gasteiger partial charge in [-0.3, -0.25) is 9.82 Å². The fourth-order valence-corrected chi connectivity index (χ4v) is 3.00. The molecular weight excluding hydrogens is 343 g/mol. The molecule has 0 saturated heterocycles. The Morgan fingerprint density at radius 3 is 2.56 bits per heavy atom. The number of halogens is 1. The second-order valence-electron chi connectivity index (χ2n) is 5.39. The average molecular weight is 358 g/mol. The van der Waals surface area contributed by atoms with Crippen molar-refractivity contribution >= 4 is 21.8 Å². The minimum absolute atomic E-state index is 0.142. The standard InChI is InChI=1S/C17H15FN4O2S/c1-12-2-4-13(5-3-12)8-9-25(23,24)22-16-7-6-14(10-15(16)18)17-19-11-20-21-17/h2-11,22H,1H3,(H,19,20,21). The number of aromatic nitrogens is 3. The summed E-state index contributed by atoms with van der Waals surface area (Å²) < 4.78 is 40.6. The van der Waals surface area contributed by atoms with Crippen LogP contribution in [0.1, 0.15) is 11.1 Å². The Balaban J connectivity index is 1.77. The van der Waals surface area contributed by atoms with Crippen molar-refractivity contribution in [3.8, 4) is 11.4 Å². The fraction of sp³-hybridized carbons (Fsp3) is 0.0588. The number of hydrogen-bond acceptors (Lipinski definition) is 4. The molecule has 0 bridgehead atoms. The van der Waals surface area contributed by atoms with Crippen LogP contribution in [0.2, 0.25) is 0 Å². The molecule has 0 amide bonds. The SMILES string of the molecule is Cc1ccc(C=CS(=O)(=O)Nc2ccc(-c3ncn[nH]3)cc2F)cc1. The van der Waals surface area contributed by atoms with Crippen LogP contribution in [0.3, 0.4) is 0 Å². The first-order valence-electron chi connectivity index (χ1n) is 7.36. The van der Waals surface area contributed by atoms with Gasteiger partial charge in [0.15, 0.2) is 5.82 Å². The van der Waals surface area contributed by atoms with Crippen LogP contribution in [-0.4, -0.2) is 23.6 Å². The first kappa shape index (κ1) is 16.8. The van der Waals surface area contributed by atoms with E-state index in [1.165, 1.54) is 24.5 Å². The lowest BCUT2D eigenvalue weighted by molar-refractivity contribution is 0.606. The van der Waals surface area contributed by atoms with Gasteiger partial charge in [0.1, 0.15) is 12.1 Å². The largest absolute Gasteiger partial charge is 0.277 e. The first-order chi connectivity index (χ1) is 11.9. The van der Waals surface area contributed by atoms with Crippen molar-refractivity contribution in [2.45, 2.75) is 6.92 Å². The summed E-state index contributed by atoms with van der Waals surface area (Å²) in [5.41, 5.74) is 2.13. The number of H-pyrrole nitrogens is 1. The number of rotatable bonds is 5. The number of aromatic amines is 1. The topological polar surface area (TPSA) is 87.7 Å². The predicted molar refractivity (Wildman–Crippen MR) is 94.5 cm³/mol. The molecule has 2 aromatic carbocycles. The first-order valence-corrected chi connectivity index (χ1v) is 8.90. The number of nitrogens with zero attached hydrogens (tertiary/aromatic N) is 2. The van der Waals surface area contributed by atoms with Crippen molar-refractivity contribution in [1.29, 1.82) is 0 Å². The second-order valence-corrected chi connectivity index (χ2v) is 6.96. The summed E-state index contributed by atoms with van der Waals surface area (Å²) in [6, 6.07) is 11.4. The van der Waals surface area contributed by atoms with Crippen LogP contribution in [0, 0.1) is 12.7 Å². The van der Waals surface area contributed by atoms with Gasteiger partial charge in [-0.25, -0.2) is 17.8 Å². The van der Waals surface area contributed by atoms with Crippen molar-refractivity contribution < 1.29 is 12.8 Å². The van der Waals surface area contributed by atoms with Crippen LogP contribution < -0.4 is 4.72 Å². The average Bonchev–Trinajstić information content (AvgIpc) is 3.11. The molecule has 0 fully saturated rings. The molecule has 0 spiro atoms. The molecule has 0 radical (unpaired) electrons. The van der Waals surface area contributed by atoms with Gasteiger partial charge in [-0.05, 0) is 36.8 Å². The number of anilines is 1. The number of hydrogen-bond donors (Lipinski definition) is 2. The third-order valence-electron chi connectivity index (χ3n) is 3.43. The van der Waals surface area contributed by atoms with Gasteiger partial charge in [-0.2, -0.15) is 5.10 Å². The fourth-order valence-electron chi connectivity index (χ4n) is 2.12. The molecule has 1 heterocycles. The molecule has 0 atom stereocenters. The van der Waals surface area contributed by atoms with Gasteiger partial charge in [0.2, 0.25) is 0 Å². The van der Waals surface area contributed by atoms with E-state index in [-0.39, 0.29) is 5.69 Å². The lowest BCUT2D eigenvalue weighted by Crippen LogP contribution is -2.10. The van der Waals surface area contributed by atoms with Gasteiger partial charge < -0.3 is 0 Å². The van der Waals surface area contributed by atoms with Gasteiger partial charge in [-0.15, -0.1) is 0 Å². The molecule has 8 heteroatoms. The van der Waals surface area contributed by atoms with Crippen molar-refractivity contribution in [2.24, 2.45) is 0 Å². The van der Waals surface area contributed by atoms with E-state index in [4.69, 9.17) is 0 Å². The molecule has 0 aliphatic rings. The third-order valence-corrected chi connectivity index (χ3v) is 4.43. The molecule has 128 valence electrons. The Morgan fingerprint density at radius 1 is 1.16 bits per heavy atom. The molecule has 0 aliphatic carbocycles. The highest BCUT2D eigenvalue weighted by molar-refractivity contribution is 7.95. The van der Waals surface area contributed by atoms with Gasteiger partial charge in [0, 0.05) is 5.56 Å². The number of sulfonamides is 1. The monoisotopic (exact) mass is 358 g/mol. The zero-order valence-corrected chi connectivity index (χ0v) is 14.1. The van der Waals surface area contributed by atoms with E-state index in [0.717, 1.165) is 16.5 Å². The zero-order chi connectivity index (χ0) is 17.9. The third kappa shape index (κ3) is 4.30. The summed E-state index contributed by atoms with van der Waals surface area (Å²) in [6.45, 7) is 1.94. The van der Waals surface area contributed by atoms with Gasteiger partial charge in [0.05, 0.1) is 11.1 Å². The van der Waals surface area contributed by atoms with E-state index in [0.29, 0.717) is 11.4 Å². The highest BCUT2D eigenvalue weighted by Crippen LogP contribution is 2.22. The Kier molecular flexibility index (Phi) is 4.62. The lowest BCUT2D eigenvalue weighted by Gasteiger charge is -2.07. The Morgan fingerprint density at radius 2 is 1.92 bits per heavy atom. The molecular formula is C17H15FN4O2S. The highest BCUT2D eigenvalue weighted by Gasteiger charge is 2.12. The summed E-state index contributed by atoms with van der Waals surface area (Å²) >= 11 is 0. The van der Waals surface area contributed by atoms with Crippen molar-refractivity contribution in [2.75, 3.05) is 4.72 Å². The van der Waals surface area contributed by atoms with Gasteiger partial charge in [0.25, 0.3) is 10.0 Å². The predicted octanol–water partition coefficient (Wildman–Crippen LogP) is 3.33. The van der Waals surface area contributed by atoms with E-state index in [9.17, 15) is 12.8 Å². The smallest absolute Gasteiger partial charge is 0.255 e. The molecule has 6 nitrogen and oxygen atoms in total. The second kappa shape index (κ2) is 6.86. The van der Waals surface area contributed by atoms with E-state index in [1.54, 1.807) is 18.2 Å². The Labute approximate surface area is 144 Å². The lowest BCUT2D eigenvalue weighted by atomic mass is 10.2. The highest BCUT2D eigenvalue weighted by atomic mass is 32.2. The van der Waals surface area contributed by atoms with Crippen LogP contribution in [0.5, 0.6) is 0 Å². The van der Waals surface area contributed by atoms with Crippen LogP contribution in [-0.2, 0) is 10.0 Å². The summed E-state index contributed by atoms with van der Waals surface area (Å²) in [7, 11) is -3.84. The summed E-state index contributed by atoms with van der Waals surface area (Å²) in [5.74, 6) is -0.311. The van der Waals surface area contributed by atoms with Crippen molar-refractivity contribution in [1.82, 2.24) is 15.2 Å². The van der Waals surface area contributed by atoms with Crippen LogP contribution in [0.15, 0.2) is 54.2 Å².